The summed E-state index contributed by atoms with van der Waals surface area (Å²) in [6, 6.07) is 0. The second-order valence-electron chi connectivity index (χ2n) is 5.28. The van der Waals surface area contributed by atoms with Crippen LogP contribution in [0.1, 0.15) is 25.2 Å². The highest BCUT2D eigenvalue weighted by molar-refractivity contribution is 5.93. The molecule has 1 rings (SSSR count). The van der Waals surface area contributed by atoms with Gasteiger partial charge in [0.2, 0.25) is 5.91 Å². The Kier molecular flexibility index (Phi) is 5.90. The van der Waals surface area contributed by atoms with Gasteiger partial charge in [-0.15, -0.1) is 0 Å². The number of aliphatic carboxylic acids is 1. The third-order valence-corrected chi connectivity index (χ3v) is 3.54. The number of nitrogens with zero attached hydrogens (tertiary/aromatic N) is 3. The van der Waals surface area contributed by atoms with Gasteiger partial charge in [0.1, 0.15) is 0 Å². The van der Waals surface area contributed by atoms with Crippen LogP contribution in [0.4, 0.5) is 5.69 Å². The van der Waals surface area contributed by atoms with E-state index in [0.717, 1.165) is 17.1 Å². The summed E-state index contributed by atoms with van der Waals surface area (Å²) in [6.07, 6.45) is 0. The third-order valence-electron chi connectivity index (χ3n) is 3.54. The van der Waals surface area contributed by atoms with Crippen LogP contribution in [0.3, 0.4) is 0 Å². The van der Waals surface area contributed by atoms with Gasteiger partial charge in [-0.1, -0.05) is 13.8 Å². The van der Waals surface area contributed by atoms with Crippen molar-refractivity contribution in [2.24, 2.45) is 13.0 Å². The molecule has 1 atom stereocenters. The zero-order chi connectivity index (χ0) is 16.2. The summed E-state index contributed by atoms with van der Waals surface area (Å²) in [7, 11) is 1.82. The van der Waals surface area contributed by atoms with Crippen molar-refractivity contribution in [3.8, 4) is 0 Å². The van der Waals surface area contributed by atoms with Crippen molar-refractivity contribution in [2.75, 3.05) is 25.0 Å². The van der Waals surface area contributed by atoms with Crippen LogP contribution in [-0.4, -0.2) is 51.3 Å². The summed E-state index contributed by atoms with van der Waals surface area (Å²) in [4.78, 5) is 24.8. The maximum atomic E-state index is 12.1. The number of carbonyl (C=O) groups excluding carboxylic acids is 1. The fourth-order valence-electron chi connectivity index (χ4n) is 2.11. The number of amides is 1. The number of rotatable bonds is 7. The Morgan fingerprint density at radius 1 is 1.43 bits per heavy atom. The summed E-state index contributed by atoms with van der Waals surface area (Å²) in [6.45, 7) is 8.41. The maximum Gasteiger partial charge on any atom is 0.307 e. The Morgan fingerprint density at radius 2 is 2.05 bits per heavy atom. The molecule has 0 bridgehead atoms. The molecule has 118 valence electrons. The number of nitrogens with one attached hydrogen (secondary N) is 1. The lowest BCUT2D eigenvalue weighted by Crippen LogP contribution is -2.37. The molecule has 0 spiro atoms. The quantitative estimate of drug-likeness (QED) is 0.784. The summed E-state index contributed by atoms with van der Waals surface area (Å²) < 4.78 is 1.72. The molecule has 0 aliphatic rings. The first-order valence-corrected chi connectivity index (χ1v) is 7.01. The number of carbonyl (C=O) groups is 2. The normalized spacial score (nSPS) is 12.5. The number of carboxylic acids is 1. The van der Waals surface area contributed by atoms with E-state index >= 15 is 0 Å². The summed E-state index contributed by atoms with van der Waals surface area (Å²) in [5.74, 6) is -1.51. The number of hydrogen-bond donors (Lipinski definition) is 2. The molecule has 2 N–H and O–H groups in total. The zero-order valence-corrected chi connectivity index (χ0v) is 13.3. The van der Waals surface area contributed by atoms with Crippen molar-refractivity contribution < 1.29 is 14.7 Å². The van der Waals surface area contributed by atoms with Gasteiger partial charge in [0, 0.05) is 13.6 Å². The number of anilines is 1. The first-order chi connectivity index (χ1) is 9.76. The molecule has 7 heteroatoms. The Labute approximate surface area is 124 Å². The molecule has 1 amide bonds. The minimum atomic E-state index is -0.854. The van der Waals surface area contributed by atoms with Crippen LogP contribution in [-0.2, 0) is 16.6 Å². The van der Waals surface area contributed by atoms with Gasteiger partial charge < -0.3 is 10.4 Å². The molecule has 1 heterocycles. The largest absolute Gasteiger partial charge is 0.481 e. The number of aromatic nitrogens is 2. The van der Waals surface area contributed by atoms with Gasteiger partial charge in [0.05, 0.1) is 29.5 Å². The Hall–Kier alpha value is -1.89. The molecule has 0 fully saturated rings. The van der Waals surface area contributed by atoms with Gasteiger partial charge in [0.25, 0.3) is 0 Å². The average molecular weight is 296 g/mol. The van der Waals surface area contributed by atoms with Crippen LogP contribution in [0, 0.1) is 19.8 Å². The molecule has 1 unspecified atom stereocenters. The lowest BCUT2D eigenvalue weighted by molar-refractivity contribution is -0.142. The minimum Gasteiger partial charge on any atom is -0.481 e. The van der Waals surface area contributed by atoms with Crippen LogP contribution in [0.5, 0.6) is 0 Å². The van der Waals surface area contributed by atoms with E-state index in [9.17, 15) is 9.59 Å². The van der Waals surface area contributed by atoms with E-state index in [4.69, 9.17) is 5.11 Å². The molecular formula is C14H24N4O3. The molecule has 21 heavy (non-hydrogen) atoms. The molecule has 0 saturated carbocycles. The highest BCUT2D eigenvalue weighted by atomic mass is 16.4. The van der Waals surface area contributed by atoms with Crippen molar-refractivity contribution in [1.82, 2.24) is 14.7 Å². The lowest BCUT2D eigenvalue weighted by atomic mass is 10.1. The Morgan fingerprint density at radius 3 is 2.48 bits per heavy atom. The number of hydrogen-bond acceptors (Lipinski definition) is 4. The molecule has 0 aliphatic heterocycles. The molecule has 7 nitrogen and oxygen atoms in total. The first kappa shape index (κ1) is 17.2. The van der Waals surface area contributed by atoms with Crippen molar-refractivity contribution >= 4 is 17.6 Å². The topological polar surface area (TPSA) is 87.5 Å². The van der Waals surface area contributed by atoms with Gasteiger partial charge in [-0.3, -0.25) is 19.2 Å². The van der Waals surface area contributed by atoms with E-state index in [1.165, 1.54) is 0 Å². The highest BCUT2D eigenvalue weighted by Gasteiger charge is 2.18. The van der Waals surface area contributed by atoms with Crippen LogP contribution in [0.15, 0.2) is 0 Å². The molecular weight excluding hydrogens is 272 g/mol. The highest BCUT2D eigenvalue weighted by Crippen LogP contribution is 2.18. The van der Waals surface area contributed by atoms with Gasteiger partial charge in [-0.2, -0.15) is 5.10 Å². The van der Waals surface area contributed by atoms with Crippen LogP contribution < -0.4 is 5.32 Å². The monoisotopic (exact) mass is 296 g/mol. The maximum absolute atomic E-state index is 12.1. The van der Waals surface area contributed by atoms with E-state index < -0.39 is 11.9 Å². The molecule has 0 aliphatic carbocycles. The summed E-state index contributed by atoms with van der Waals surface area (Å²) >= 11 is 0. The van der Waals surface area contributed by atoms with E-state index in [1.54, 1.807) is 11.6 Å². The van der Waals surface area contributed by atoms with Crippen LogP contribution >= 0.6 is 0 Å². The predicted molar refractivity (Wildman–Crippen MR) is 80.2 cm³/mol. The average Bonchev–Trinajstić information content (AvgIpc) is 2.64. The fraction of sp³-hybridized carbons (Fsp3) is 0.643. The van der Waals surface area contributed by atoms with Crippen molar-refractivity contribution in [2.45, 2.75) is 27.7 Å². The number of likely N-dealkylation sites (N-methyl/N-ethyl adjacent to an activating group) is 1. The predicted octanol–water partition coefficient (Wildman–Crippen LogP) is 1.02. The molecule has 0 saturated heterocycles. The lowest BCUT2D eigenvalue weighted by Gasteiger charge is -2.21. The number of carboxylic acid groups (broad SMARTS) is 1. The van der Waals surface area contributed by atoms with Gasteiger partial charge in [0.15, 0.2) is 0 Å². The smallest absolute Gasteiger partial charge is 0.307 e. The Bertz CT molecular complexity index is 525. The van der Waals surface area contributed by atoms with Gasteiger partial charge in [-0.25, -0.2) is 0 Å². The SMILES string of the molecule is CCN(CC(=O)Nc1c(C)nn(C)c1C)CC(C)C(=O)O. The van der Waals surface area contributed by atoms with E-state index in [1.807, 2.05) is 32.7 Å². The van der Waals surface area contributed by atoms with Crippen LogP contribution in [0.25, 0.3) is 0 Å². The third kappa shape index (κ3) is 4.56. The zero-order valence-electron chi connectivity index (χ0n) is 13.3. The van der Waals surface area contributed by atoms with Crippen molar-refractivity contribution in [3.63, 3.8) is 0 Å². The second-order valence-corrected chi connectivity index (χ2v) is 5.28. The van der Waals surface area contributed by atoms with Crippen LogP contribution in [0.2, 0.25) is 0 Å². The van der Waals surface area contributed by atoms with Crippen molar-refractivity contribution in [3.05, 3.63) is 11.4 Å². The fourth-order valence-corrected chi connectivity index (χ4v) is 2.11. The van der Waals surface area contributed by atoms with Crippen molar-refractivity contribution in [1.29, 1.82) is 0 Å². The van der Waals surface area contributed by atoms with Gasteiger partial charge >= 0.3 is 5.97 Å². The van der Waals surface area contributed by atoms with E-state index in [2.05, 4.69) is 10.4 Å². The molecule has 1 aromatic rings. The minimum absolute atomic E-state index is 0.159. The molecule has 0 aromatic carbocycles. The molecule has 1 aromatic heterocycles. The standard InChI is InChI=1S/C14H24N4O3/c1-6-18(7-9(2)14(20)21)8-12(19)15-13-10(3)16-17(5)11(13)4/h9H,6-8H2,1-5H3,(H,15,19)(H,20,21). The number of aryl methyl sites for hydroxylation is 2. The second kappa shape index (κ2) is 7.21. The van der Waals surface area contributed by atoms with Gasteiger partial charge in [-0.05, 0) is 20.4 Å². The summed E-state index contributed by atoms with van der Waals surface area (Å²) in [5.41, 5.74) is 2.39. The summed E-state index contributed by atoms with van der Waals surface area (Å²) in [5, 5.41) is 16.0. The molecule has 0 radical (unpaired) electrons. The Balaban J connectivity index is 2.65. The van der Waals surface area contributed by atoms with E-state index in [-0.39, 0.29) is 12.5 Å². The first-order valence-electron chi connectivity index (χ1n) is 7.01. The van der Waals surface area contributed by atoms with E-state index in [0.29, 0.717) is 13.1 Å².